The minimum absolute atomic E-state index is 0.181. The van der Waals surface area contributed by atoms with Crippen LogP contribution in [0.25, 0.3) is 0 Å². The van der Waals surface area contributed by atoms with Crippen LogP contribution in [0.5, 0.6) is 17.2 Å². The van der Waals surface area contributed by atoms with Gasteiger partial charge in [-0.15, -0.1) is 0 Å². The molecule has 0 unspecified atom stereocenters. The number of nitrogens with one attached hydrogen (secondary N) is 1. The van der Waals surface area contributed by atoms with Gasteiger partial charge in [0, 0.05) is 12.1 Å². The van der Waals surface area contributed by atoms with E-state index in [2.05, 4.69) is 5.32 Å². The van der Waals surface area contributed by atoms with E-state index < -0.39 is 5.91 Å². The lowest BCUT2D eigenvalue weighted by atomic mass is 10.1. The summed E-state index contributed by atoms with van der Waals surface area (Å²) in [5.41, 5.74) is 7.30. The van der Waals surface area contributed by atoms with Crippen molar-refractivity contribution in [2.75, 3.05) is 27.4 Å². The van der Waals surface area contributed by atoms with Crippen LogP contribution in [0.1, 0.15) is 11.1 Å². The Hall–Kier alpha value is -2.73. The lowest BCUT2D eigenvalue weighted by Crippen LogP contribution is -2.22. The molecule has 0 aliphatic heterocycles. The SMILES string of the molecule is COc1ccc(CCNCc2cccc(OC)c2OCC(N)=O)cc1. The second-order valence-corrected chi connectivity index (χ2v) is 5.48. The van der Waals surface area contributed by atoms with E-state index in [1.54, 1.807) is 20.3 Å². The molecule has 2 aromatic rings. The van der Waals surface area contributed by atoms with Crippen LogP contribution in [0.4, 0.5) is 0 Å². The molecule has 0 saturated heterocycles. The minimum Gasteiger partial charge on any atom is -0.497 e. The van der Waals surface area contributed by atoms with Gasteiger partial charge < -0.3 is 25.3 Å². The summed E-state index contributed by atoms with van der Waals surface area (Å²) in [7, 11) is 3.22. The first kappa shape index (κ1) is 18.6. The molecule has 3 N–H and O–H groups in total. The number of carbonyl (C=O) groups is 1. The van der Waals surface area contributed by atoms with Crippen molar-refractivity contribution in [3.63, 3.8) is 0 Å². The van der Waals surface area contributed by atoms with Crippen molar-refractivity contribution in [3.8, 4) is 17.2 Å². The Morgan fingerprint density at radius 3 is 2.48 bits per heavy atom. The predicted octanol–water partition coefficient (Wildman–Crippen LogP) is 1.90. The highest BCUT2D eigenvalue weighted by molar-refractivity contribution is 5.75. The zero-order chi connectivity index (χ0) is 18.1. The van der Waals surface area contributed by atoms with Crippen molar-refractivity contribution in [2.45, 2.75) is 13.0 Å². The van der Waals surface area contributed by atoms with Crippen LogP contribution in [0.15, 0.2) is 42.5 Å². The smallest absolute Gasteiger partial charge is 0.255 e. The minimum atomic E-state index is -0.524. The van der Waals surface area contributed by atoms with E-state index in [0.29, 0.717) is 18.0 Å². The van der Waals surface area contributed by atoms with E-state index in [0.717, 1.165) is 24.3 Å². The van der Waals surface area contributed by atoms with Gasteiger partial charge in [-0.25, -0.2) is 0 Å². The van der Waals surface area contributed by atoms with Crippen LogP contribution in [0.3, 0.4) is 0 Å². The number of primary amides is 1. The molecule has 0 atom stereocenters. The summed E-state index contributed by atoms with van der Waals surface area (Å²) >= 11 is 0. The van der Waals surface area contributed by atoms with E-state index in [1.165, 1.54) is 5.56 Å². The summed E-state index contributed by atoms with van der Waals surface area (Å²) in [5, 5.41) is 3.38. The molecule has 6 heteroatoms. The number of methoxy groups -OCH3 is 2. The Morgan fingerprint density at radius 1 is 1.08 bits per heavy atom. The lowest BCUT2D eigenvalue weighted by Gasteiger charge is -2.14. The van der Waals surface area contributed by atoms with Crippen LogP contribution < -0.4 is 25.3 Å². The van der Waals surface area contributed by atoms with Gasteiger partial charge in [0.25, 0.3) is 5.91 Å². The molecule has 0 saturated carbocycles. The third-order valence-corrected chi connectivity index (χ3v) is 3.70. The molecule has 0 spiro atoms. The highest BCUT2D eigenvalue weighted by Gasteiger charge is 2.11. The molecule has 0 radical (unpaired) electrons. The molecule has 0 aliphatic carbocycles. The number of hydrogen-bond acceptors (Lipinski definition) is 5. The normalized spacial score (nSPS) is 10.3. The monoisotopic (exact) mass is 344 g/mol. The van der Waals surface area contributed by atoms with Gasteiger partial charge in [-0.3, -0.25) is 4.79 Å². The Labute approximate surface area is 147 Å². The summed E-state index contributed by atoms with van der Waals surface area (Å²) in [6.07, 6.45) is 0.894. The zero-order valence-corrected chi connectivity index (χ0v) is 14.6. The summed E-state index contributed by atoms with van der Waals surface area (Å²) in [6, 6.07) is 13.6. The fourth-order valence-corrected chi connectivity index (χ4v) is 2.42. The van der Waals surface area contributed by atoms with Gasteiger partial charge in [0.1, 0.15) is 5.75 Å². The zero-order valence-electron chi connectivity index (χ0n) is 14.6. The molecule has 0 bridgehead atoms. The van der Waals surface area contributed by atoms with Crippen molar-refractivity contribution in [3.05, 3.63) is 53.6 Å². The number of rotatable bonds is 10. The van der Waals surface area contributed by atoms with Gasteiger partial charge in [-0.2, -0.15) is 0 Å². The van der Waals surface area contributed by atoms with Gasteiger partial charge >= 0.3 is 0 Å². The Morgan fingerprint density at radius 2 is 1.84 bits per heavy atom. The van der Waals surface area contributed by atoms with Crippen LogP contribution in [-0.2, 0) is 17.8 Å². The Balaban J connectivity index is 1.91. The first-order chi connectivity index (χ1) is 12.1. The number of para-hydroxylation sites is 1. The molecule has 2 rings (SSSR count). The van der Waals surface area contributed by atoms with Gasteiger partial charge in [-0.05, 0) is 36.7 Å². The topological polar surface area (TPSA) is 82.8 Å². The quantitative estimate of drug-likeness (QED) is 0.643. The third kappa shape index (κ3) is 5.69. The highest BCUT2D eigenvalue weighted by Crippen LogP contribution is 2.31. The molecule has 0 heterocycles. The number of hydrogen-bond donors (Lipinski definition) is 2. The number of ether oxygens (including phenoxy) is 3. The summed E-state index contributed by atoms with van der Waals surface area (Å²) in [4.78, 5) is 11.0. The first-order valence-corrected chi connectivity index (χ1v) is 8.04. The maximum absolute atomic E-state index is 11.0. The summed E-state index contributed by atoms with van der Waals surface area (Å²) in [6.45, 7) is 1.22. The maximum atomic E-state index is 11.0. The molecular weight excluding hydrogens is 320 g/mol. The molecule has 6 nitrogen and oxygen atoms in total. The maximum Gasteiger partial charge on any atom is 0.255 e. The second-order valence-electron chi connectivity index (χ2n) is 5.48. The molecule has 2 aromatic carbocycles. The van der Waals surface area contributed by atoms with Crippen LogP contribution >= 0.6 is 0 Å². The largest absolute Gasteiger partial charge is 0.497 e. The molecule has 134 valence electrons. The van der Waals surface area contributed by atoms with Crippen LogP contribution in [-0.4, -0.2) is 33.3 Å². The van der Waals surface area contributed by atoms with Crippen molar-refractivity contribution >= 4 is 5.91 Å². The van der Waals surface area contributed by atoms with Crippen molar-refractivity contribution in [2.24, 2.45) is 5.73 Å². The molecule has 0 fully saturated rings. The lowest BCUT2D eigenvalue weighted by molar-refractivity contribution is -0.119. The first-order valence-electron chi connectivity index (χ1n) is 8.04. The standard InChI is InChI=1S/C19H24N2O4/c1-23-16-8-6-14(7-9-16)10-11-21-12-15-4-3-5-17(24-2)19(15)25-13-18(20)22/h3-9,21H,10-13H2,1-2H3,(H2,20,22). The van der Waals surface area contributed by atoms with Crippen LogP contribution in [0, 0.1) is 0 Å². The van der Waals surface area contributed by atoms with Gasteiger partial charge in [0.05, 0.1) is 14.2 Å². The molecule has 1 amide bonds. The Kier molecular flexibility index (Phi) is 7.10. The summed E-state index contributed by atoms with van der Waals surface area (Å²) in [5.74, 6) is 1.45. The average molecular weight is 344 g/mol. The van der Waals surface area contributed by atoms with Crippen molar-refractivity contribution < 1.29 is 19.0 Å². The van der Waals surface area contributed by atoms with E-state index in [1.807, 2.05) is 36.4 Å². The van der Waals surface area contributed by atoms with E-state index in [9.17, 15) is 4.79 Å². The third-order valence-electron chi connectivity index (χ3n) is 3.70. The van der Waals surface area contributed by atoms with Gasteiger partial charge in [0.2, 0.25) is 0 Å². The average Bonchev–Trinajstić information content (AvgIpc) is 2.64. The number of benzene rings is 2. The van der Waals surface area contributed by atoms with Gasteiger partial charge in [0.15, 0.2) is 18.1 Å². The van der Waals surface area contributed by atoms with Gasteiger partial charge in [-0.1, -0.05) is 24.3 Å². The number of amides is 1. The van der Waals surface area contributed by atoms with E-state index in [-0.39, 0.29) is 6.61 Å². The fourth-order valence-electron chi connectivity index (χ4n) is 2.42. The highest BCUT2D eigenvalue weighted by atomic mass is 16.5. The van der Waals surface area contributed by atoms with Crippen molar-refractivity contribution in [1.29, 1.82) is 0 Å². The van der Waals surface area contributed by atoms with E-state index in [4.69, 9.17) is 19.9 Å². The second kappa shape index (κ2) is 9.54. The van der Waals surface area contributed by atoms with E-state index >= 15 is 0 Å². The molecule has 25 heavy (non-hydrogen) atoms. The molecular formula is C19H24N2O4. The predicted molar refractivity (Wildman–Crippen MR) is 96.1 cm³/mol. The van der Waals surface area contributed by atoms with Crippen molar-refractivity contribution in [1.82, 2.24) is 5.32 Å². The fraction of sp³-hybridized carbons (Fsp3) is 0.316. The molecule has 0 aliphatic rings. The molecule has 0 aromatic heterocycles. The van der Waals surface area contributed by atoms with Crippen LogP contribution in [0.2, 0.25) is 0 Å². The number of nitrogens with two attached hydrogens (primary N) is 1. The number of carbonyl (C=O) groups excluding carboxylic acids is 1. The Bertz CT molecular complexity index is 686. The summed E-state index contributed by atoms with van der Waals surface area (Å²) < 4.78 is 16.0.